The van der Waals surface area contributed by atoms with Crippen molar-refractivity contribution in [2.75, 3.05) is 25.0 Å². The number of carbonyl (C=O) groups excluding carboxylic acids is 1. The molecular formula is C22H27N5O. The van der Waals surface area contributed by atoms with Gasteiger partial charge in [0.25, 0.3) is 0 Å². The minimum atomic E-state index is 0.0827. The molecule has 1 amide bonds. The third-order valence-corrected chi connectivity index (χ3v) is 5.62. The Morgan fingerprint density at radius 2 is 2.00 bits per heavy atom. The molecule has 0 aromatic carbocycles. The van der Waals surface area contributed by atoms with Crippen molar-refractivity contribution < 1.29 is 4.79 Å². The molecule has 0 unspecified atom stereocenters. The van der Waals surface area contributed by atoms with E-state index >= 15 is 0 Å². The lowest BCUT2D eigenvalue weighted by Gasteiger charge is -2.25. The lowest BCUT2D eigenvalue weighted by Crippen LogP contribution is -2.33. The summed E-state index contributed by atoms with van der Waals surface area (Å²) in [6.07, 6.45) is 14.8. The van der Waals surface area contributed by atoms with E-state index in [0.717, 1.165) is 55.1 Å². The summed E-state index contributed by atoms with van der Waals surface area (Å²) >= 11 is 0. The lowest BCUT2D eigenvalue weighted by molar-refractivity contribution is -0.135. The summed E-state index contributed by atoms with van der Waals surface area (Å²) in [5.41, 5.74) is 2.89. The van der Waals surface area contributed by atoms with E-state index in [-0.39, 0.29) is 11.8 Å². The molecule has 146 valence electrons. The van der Waals surface area contributed by atoms with Crippen LogP contribution in [-0.4, -0.2) is 45.9 Å². The molecule has 1 atom stereocenters. The predicted octanol–water partition coefficient (Wildman–Crippen LogP) is 3.45. The average molecular weight is 377 g/mol. The second-order valence-corrected chi connectivity index (χ2v) is 7.64. The Morgan fingerprint density at radius 3 is 2.71 bits per heavy atom. The Morgan fingerprint density at radius 1 is 1.21 bits per heavy atom. The van der Waals surface area contributed by atoms with Gasteiger partial charge in [-0.25, -0.2) is 9.97 Å². The second-order valence-electron chi connectivity index (χ2n) is 7.64. The van der Waals surface area contributed by atoms with Crippen molar-refractivity contribution in [3.05, 3.63) is 48.6 Å². The first-order valence-corrected chi connectivity index (χ1v) is 10.1. The number of anilines is 1. The number of hydrogen-bond acceptors (Lipinski definition) is 5. The van der Waals surface area contributed by atoms with Crippen LogP contribution in [0.4, 0.5) is 5.95 Å². The quantitative estimate of drug-likeness (QED) is 0.747. The van der Waals surface area contributed by atoms with E-state index in [1.54, 1.807) is 12.4 Å². The molecule has 6 heteroatoms. The van der Waals surface area contributed by atoms with Crippen molar-refractivity contribution >= 4 is 11.9 Å². The van der Waals surface area contributed by atoms with Crippen LogP contribution in [0.5, 0.6) is 0 Å². The largest absolute Gasteiger partial charge is 0.341 e. The van der Waals surface area contributed by atoms with Crippen molar-refractivity contribution in [2.45, 2.75) is 38.6 Å². The Kier molecular flexibility index (Phi) is 5.65. The Hall–Kier alpha value is -2.76. The molecule has 1 aliphatic carbocycles. The number of aromatic nitrogens is 3. The fourth-order valence-corrected chi connectivity index (χ4v) is 4.00. The summed E-state index contributed by atoms with van der Waals surface area (Å²) in [5, 5.41) is 0. The molecule has 0 saturated carbocycles. The van der Waals surface area contributed by atoms with E-state index in [1.807, 2.05) is 30.3 Å². The zero-order valence-electron chi connectivity index (χ0n) is 16.4. The smallest absolute Gasteiger partial charge is 0.226 e. The highest BCUT2D eigenvalue weighted by Gasteiger charge is 2.24. The minimum absolute atomic E-state index is 0.0827. The summed E-state index contributed by atoms with van der Waals surface area (Å²) in [5.74, 6) is 1.05. The van der Waals surface area contributed by atoms with Crippen LogP contribution in [0.1, 0.15) is 37.8 Å². The van der Waals surface area contributed by atoms with Crippen LogP contribution in [0, 0.1) is 5.92 Å². The van der Waals surface area contributed by atoms with E-state index in [9.17, 15) is 4.79 Å². The molecule has 28 heavy (non-hydrogen) atoms. The molecule has 0 bridgehead atoms. The highest BCUT2D eigenvalue weighted by Crippen LogP contribution is 2.27. The second kappa shape index (κ2) is 8.50. The fraction of sp³-hybridized carbons (Fsp3) is 0.455. The van der Waals surface area contributed by atoms with Gasteiger partial charge in [0.2, 0.25) is 11.9 Å². The molecular weight excluding hydrogens is 350 g/mol. The number of amides is 1. The zero-order valence-corrected chi connectivity index (χ0v) is 16.4. The standard InChI is InChI=1S/C22H27N5O/c1-26(21(28)18-7-3-2-4-8-18)16-20-19(17-9-11-23-12-10-17)15-24-22(25-20)27-13-5-6-14-27/h2-3,9-12,15,18H,4-8,13-14,16H2,1H3/t18-/m1/s1. The van der Waals surface area contributed by atoms with Crippen LogP contribution in [-0.2, 0) is 11.3 Å². The van der Waals surface area contributed by atoms with E-state index in [1.165, 1.54) is 12.8 Å². The number of nitrogens with zero attached hydrogens (tertiary/aromatic N) is 5. The summed E-state index contributed by atoms with van der Waals surface area (Å²) in [7, 11) is 1.88. The predicted molar refractivity (Wildman–Crippen MR) is 110 cm³/mol. The van der Waals surface area contributed by atoms with Gasteiger partial charge >= 0.3 is 0 Å². The maximum Gasteiger partial charge on any atom is 0.226 e. The van der Waals surface area contributed by atoms with E-state index < -0.39 is 0 Å². The number of carbonyl (C=O) groups is 1. The molecule has 0 spiro atoms. The SMILES string of the molecule is CN(Cc1nc(N2CCCC2)ncc1-c1ccncc1)C(=O)[C@@H]1CC=CCC1. The first kappa shape index (κ1) is 18.6. The molecule has 3 heterocycles. The maximum absolute atomic E-state index is 12.9. The van der Waals surface area contributed by atoms with Gasteiger partial charge in [-0.3, -0.25) is 9.78 Å². The molecule has 1 fully saturated rings. The monoisotopic (exact) mass is 377 g/mol. The van der Waals surface area contributed by atoms with Crippen LogP contribution in [0.15, 0.2) is 42.9 Å². The van der Waals surface area contributed by atoms with Gasteiger partial charge in [0.05, 0.1) is 12.2 Å². The normalized spacial score (nSPS) is 19.0. The Bertz CT molecular complexity index is 845. The maximum atomic E-state index is 12.9. The Balaban J connectivity index is 1.61. The van der Waals surface area contributed by atoms with Crippen molar-refractivity contribution in [3.8, 4) is 11.1 Å². The first-order valence-electron chi connectivity index (χ1n) is 10.1. The van der Waals surface area contributed by atoms with Crippen LogP contribution in [0.2, 0.25) is 0 Å². The number of pyridine rings is 1. The summed E-state index contributed by atoms with van der Waals surface area (Å²) in [4.78, 5) is 30.6. The van der Waals surface area contributed by atoms with Crippen molar-refractivity contribution in [1.29, 1.82) is 0 Å². The highest BCUT2D eigenvalue weighted by molar-refractivity contribution is 5.79. The van der Waals surface area contributed by atoms with Gasteiger partial charge < -0.3 is 9.80 Å². The van der Waals surface area contributed by atoms with Crippen molar-refractivity contribution in [1.82, 2.24) is 19.9 Å². The van der Waals surface area contributed by atoms with Gasteiger partial charge in [-0.1, -0.05) is 12.2 Å². The molecule has 1 saturated heterocycles. The van der Waals surface area contributed by atoms with Gasteiger partial charge in [-0.2, -0.15) is 0 Å². The molecule has 2 aliphatic rings. The molecule has 6 nitrogen and oxygen atoms in total. The molecule has 2 aromatic rings. The molecule has 0 N–H and O–H groups in total. The van der Waals surface area contributed by atoms with Gasteiger partial charge in [0, 0.05) is 50.2 Å². The highest BCUT2D eigenvalue weighted by atomic mass is 16.2. The molecule has 1 aliphatic heterocycles. The third kappa shape index (κ3) is 4.06. The zero-order chi connectivity index (χ0) is 19.3. The average Bonchev–Trinajstić information content (AvgIpc) is 3.29. The lowest BCUT2D eigenvalue weighted by atomic mass is 9.93. The van der Waals surface area contributed by atoms with Crippen LogP contribution >= 0.6 is 0 Å². The summed E-state index contributed by atoms with van der Waals surface area (Å²) < 4.78 is 0. The van der Waals surface area contributed by atoms with Gasteiger partial charge in [0.15, 0.2) is 0 Å². The van der Waals surface area contributed by atoms with E-state index in [2.05, 4.69) is 27.0 Å². The Labute approximate surface area is 166 Å². The number of allylic oxidation sites excluding steroid dienone is 2. The van der Waals surface area contributed by atoms with Crippen LogP contribution in [0.3, 0.4) is 0 Å². The van der Waals surface area contributed by atoms with Crippen molar-refractivity contribution in [2.24, 2.45) is 5.92 Å². The molecule has 0 radical (unpaired) electrons. The summed E-state index contributed by atoms with van der Waals surface area (Å²) in [6, 6.07) is 3.93. The van der Waals surface area contributed by atoms with Gasteiger partial charge in [0.1, 0.15) is 0 Å². The first-order chi connectivity index (χ1) is 13.7. The summed E-state index contributed by atoms with van der Waals surface area (Å²) in [6.45, 7) is 2.48. The van der Waals surface area contributed by atoms with Crippen molar-refractivity contribution in [3.63, 3.8) is 0 Å². The fourth-order valence-electron chi connectivity index (χ4n) is 4.00. The van der Waals surface area contributed by atoms with Gasteiger partial charge in [-0.15, -0.1) is 0 Å². The number of hydrogen-bond donors (Lipinski definition) is 0. The van der Waals surface area contributed by atoms with E-state index in [0.29, 0.717) is 6.54 Å². The topological polar surface area (TPSA) is 62.2 Å². The molecule has 2 aromatic heterocycles. The van der Waals surface area contributed by atoms with E-state index in [4.69, 9.17) is 4.98 Å². The van der Waals surface area contributed by atoms with Gasteiger partial charge in [-0.05, 0) is 49.8 Å². The van der Waals surface area contributed by atoms with Crippen LogP contribution < -0.4 is 4.90 Å². The minimum Gasteiger partial charge on any atom is -0.341 e. The number of rotatable bonds is 5. The third-order valence-electron chi connectivity index (χ3n) is 5.62. The molecule has 4 rings (SSSR count). The van der Waals surface area contributed by atoms with Crippen LogP contribution in [0.25, 0.3) is 11.1 Å².